The molecule has 0 unspecified atom stereocenters. The maximum atomic E-state index is 12.0. The van der Waals surface area contributed by atoms with Crippen LogP contribution in [0.3, 0.4) is 0 Å². The molecule has 2 aromatic rings. The van der Waals surface area contributed by atoms with Crippen molar-refractivity contribution in [3.8, 4) is 0 Å². The monoisotopic (exact) mass is 373 g/mol. The summed E-state index contributed by atoms with van der Waals surface area (Å²) < 4.78 is 25.4. The van der Waals surface area contributed by atoms with Crippen molar-refractivity contribution in [2.24, 2.45) is 0 Å². The highest BCUT2D eigenvalue weighted by molar-refractivity contribution is 7.93. The lowest BCUT2D eigenvalue weighted by Gasteiger charge is -2.18. The van der Waals surface area contributed by atoms with Gasteiger partial charge in [0.2, 0.25) is 10.0 Å². The number of amides is 2. The van der Waals surface area contributed by atoms with Gasteiger partial charge in [0.25, 0.3) is 0 Å². The Morgan fingerprint density at radius 2 is 1.88 bits per heavy atom. The van der Waals surface area contributed by atoms with Crippen LogP contribution in [0.1, 0.15) is 18.4 Å². The Balaban J connectivity index is 1.49. The zero-order valence-electron chi connectivity index (χ0n) is 14.5. The van der Waals surface area contributed by atoms with Crippen molar-refractivity contribution < 1.29 is 13.2 Å². The zero-order chi connectivity index (χ0) is 18.4. The third-order valence-electron chi connectivity index (χ3n) is 4.26. The number of carbonyl (C=O) groups is 1. The number of hydrogen-bond acceptors (Lipinski definition) is 3. The van der Waals surface area contributed by atoms with Gasteiger partial charge in [-0.25, -0.2) is 13.2 Å². The molecule has 0 bridgehead atoms. The van der Waals surface area contributed by atoms with Crippen LogP contribution in [0.15, 0.2) is 54.6 Å². The van der Waals surface area contributed by atoms with Gasteiger partial charge in [-0.05, 0) is 43.0 Å². The average Bonchev–Trinajstić information content (AvgIpc) is 2.99. The van der Waals surface area contributed by atoms with Gasteiger partial charge in [0.05, 0.1) is 11.4 Å². The highest BCUT2D eigenvalue weighted by atomic mass is 32.2. The lowest BCUT2D eigenvalue weighted by molar-refractivity contribution is 0.252. The third-order valence-corrected chi connectivity index (χ3v) is 6.13. The first kappa shape index (κ1) is 18.3. The number of carbonyl (C=O) groups excluding carboxylic acids is 1. The van der Waals surface area contributed by atoms with Gasteiger partial charge in [0, 0.05) is 18.8 Å². The number of urea groups is 1. The van der Waals surface area contributed by atoms with E-state index in [4.69, 9.17) is 0 Å². The van der Waals surface area contributed by atoms with E-state index in [1.807, 2.05) is 18.2 Å². The second-order valence-corrected chi connectivity index (χ2v) is 8.27. The van der Waals surface area contributed by atoms with E-state index < -0.39 is 10.0 Å². The number of aryl methyl sites for hydroxylation is 1. The number of anilines is 2. The van der Waals surface area contributed by atoms with Crippen LogP contribution in [0, 0.1) is 0 Å². The minimum absolute atomic E-state index is 0.173. The average molecular weight is 373 g/mol. The van der Waals surface area contributed by atoms with Crippen LogP contribution in [-0.4, -0.2) is 33.3 Å². The van der Waals surface area contributed by atoms with E-state index in [9.17, 15) is 13.2 Å². The first-order valence-corrected chi connectivity index (χ1v) is 10.3. The molecule has 138 valence electrons. The van der Waals surface area contributed by atoms with Crippen molar-refractivity contribution in [3.05, 3.63) is 60.2 Å². The number of nitrogens with zero attached hydrogens (tertiary/aromatic N) is 1. The van der Waals surface area contributed by atoms with Crippen molar-refractivity contribution in [2.45, 2.75) is 19.3 Å². The Morgan fingerprint density at radius 3 is 2.62 bits per heavy atom. The maximum Gasteiger partial charge on any atom is 0.319 e. The van der Waals surface area contributed by atoms with Crippen molar-refractivity contribution in [1.82, 2.24) is 5.32 Å². The normalized spacial score (nSPS) is 15.6. The molecule has 7 heteroatoms. The molecule has 6 nitrogen and oxygen atoms in total. The molecule has 1 fully saturated rings. The first-order valence-electron chi connectivity index (χ1n) is 8.74. The summed E-state index contributed by atoms with van der Waals surface area (Å²) in [6, 6.07) is 16.8. The standard InChI is InChI=1S/C19H23N3O3S/c23-19(20-12-5-9-16-7-2-1-3-8-16)21-17-10-4-11-18(15-17)22-13-6-14-26(22,24)25/h1-4,7-8,10-11,15H,5-6,9,12-14H2,(H2,20,21,23). The quantitative estimate of drug-likeness (QED) is 0.764. The fourth-order valence-electron chi connectivity index (χ4n) is 2.98. The number of rotatable bonds is 6. The van der Waals surface area contributed by atoms with Gasteiger partial charge < -0.3 is 10.6 Å². The van der Waals surface area contributed by atoms with Gasteiger partial charge >= 0.3 is 6.03 Å². The Kier molecular flexibility index (Phi) is 5.78. The third kappa shape index (κ3) is 4.76. The van der Waals surface area contributed by atoms with Gasteiger partial charge in [-0.1, -0.05) is 36.4 Å². The van der Waals surface area contributed by atoms with E-state index in [1.54, 1.807) is 24.3 Å². The van der Waals surface area contributed by atoms with Gasteiger partial charge in [-0.3, -0.25) is 4.31 Å². The van der Waals surface area contributed by atoms with Crippen molar-refractivity contribution in [2.75, 3.05) is 28.5 Å². The molecule has 26 heavy (non-hydrogen) atoms. The summed E-state index contributed by atoms with van der Waals surface area (Å²) in [6.07, 6.45) is 2.38. The minimum Gasteiger partial charge on any atom is -0.338 e. The molecule has 2 N–H and O–H groups in total. The summed E-state index contributed by atoms with van der Waals surface area (Å²) in [4.78, 5) is 12.0. The van der Waals surface area contributed by atoms with Crippen LogP contribution in [0.4, 0.5) is 16.2 Å². The minimum atomic E-state index is -3.22. The van der Waals surface area contributed by atoms with E-state index in [1.165, 1.54) is 9.87 Å². The zero-order valence-corrected chi connectivity index (χ0v) is 15.3. The van der Waals surface area contributed by atoms with Crippen LogP contribution in [0.5, 0.6) is 0 Å². The highest BCUT2D eigenvalue weighted by Crippen LogP contribution is 2.26. The number of hydrogen-bond donors (Lipinski definition) is 2. The Labute approximate surface area is 154 Å². The molecule has 0 atom stereocenters. The molecule has 0 aromatic heterocycles. The first-order chi connectivity index (χ1) is 12.5. The molecule has 0 aliphatic carbocycles. The van der Waals surface area contributed by atoms with Crippen molar-refractivity contribution in [3.63, 3.8) is 0 Å². The molecule has 1 aliphatic rings. The molecule has 0 radical (unpaired) electrons. The van der Waals surface area contributed by atoms with Crippen LogP contribution in [0.2, 0.25) is 0 Å². The van der Waals surface area contributed by atoms with Gasteiger partial charge in [0.1, 0.15) is 0 Å². The summed E-state index contributed by atoms with van der Waals surface area (Å²) in [5.41, 5.74) is 2.41. The topological polar surface area (TPSA) is 78.5 Å². The lowest BCUT2D eigenvalue weighted by atomic mass is 10.1. The molecule has 1 heterocycles. The van der Waals surface area contributed by atoms with Gasteiger partial charge in [-0.2, -0.15) is 0 Å². The fraction of sp³-hybridized carbons (Fsp3) is 0.316. The Hall–Kier alpha value is -2.54. The molecule has 1 saturated heterocycles. The second kappa shape index (κ2) is 8.23. The SMILES string of the molecule is O=C(NCCCc1ccccc1)Nc1cccc(N2CCCS2(=O)=O)c1. The summed E-state index contributed by atoms with van der Waals surface area (Å²) in [6.45, 7) is 1.05. The van der Waals surface area contributed by atoms with Crippen LogP contribution in [0.25, 0.3) is 0 Å². The number of benzene rings is 2. The number of nitrogens with one attached hydrogen (secondary N) is 2. The van der Waals surface area contributed by atoms with E-state index in [-0.39, 0.29) is 11.8 Å². The van der Waals surface area contributed by atoms with E-state index in [0.29, 0.717) is 30.9 Å². The van der Waals surface area contributed by atoms with Crippen LogP contribution < -0.4 is 14.9 Å². The molecule has 2 amide bonds. The fourth-order valence-corrected chi connectivity index (χ4v) is 4.54. The van der Waals surface area contributed by atoms with Crippen molar-refractivity contribution in [1.29, 1.82) is 0 Å². The summed E-state index contributed by atoms with van der Waals surface area (Å²) in [5, 5.41) is 5.59. The molecule has 0 spiro atoms. The second-order valence-electron chi connectivity index (χ2n) is 6.26. The van der Waals surface area contributed by atoms with Gasteiger partial charge in [-0.15, -0.1) is 0 Å². The Morgan fingerprint density at radius 1 is 1.08 bits per heavy atom. The lowest BCUT2D eigenvalue weighted by Crippen LogP contribution is -2.30. The molecule has 0 saturated carbocycles. The summed E-state index contributed by atoms with van der Waals surface area (Å²) in [7, 11) is -3.22. The molecular formula is C19H23N3O3S. The van der Waals surface area contributed by atoms with Crippen LogP contribution >= 0.6 is 0 Å². The van der Waals surface area contributed by atoms with Gasteiger partial charge in [0.15, 0.2) is 0 Å². The molecule has 3 rings (SSSR count). The molecule has 1 aliphatic heterocycles. The Bertz CT molecular complexity index is 853. The molecular weight excluding hydrogens is 350 g/mol. The maximum absolute atomic E-state index is 12.0. The highest BCUT2D eigenvalue weighted by Gasteiger charge is 2.28. The van der Waals surface area contributed by atoms with E-state index in [2.05, 4.69) is 22.8 Å². The predicted molar refractivity (Wildman–Crippen MR) is 104 cm³/mol. The van der Waals surface area contributed by atoms with Crippen molar-refractivity contribution >= 4 is 27.4 Å². The van der Waals surface area contributed by atoms with E-state index in [0.717, 1.165) is 12.8 Å². The molecule has 2 aromatic carbocycles. The summed E-state index contributed by atoms with van der Waals surface area (Å²) >= 11 is 0. The van der Waals surface area contributed by atoms with E-state index >= 15 is 0 Å². The van der Waals surface area contributed by atoms with Crippen LogP contribution in [-0.2, 0) is 16.4 Å². The smallest absolute Gasteiger partial charge is 0.319 e. The largest absolute Gasteiger partial charge is 0.338 e. The predicted octanol–water partition coefficient (Wildman–Crippen LogP) is 2.98. The summed E-state index contributed by atoms with van der Waals surface area (Å²) in [5.74, 6) is 0.173. The number of sulfonamides is 1.